The summed E-state index contributed by atoms with van der Waals surface area (Å²) in [7, 11) is 1.45. The number of anilines is 1. The van der Waals surface area contributed by atoms with Crippen molar-refractivity contribution < 1.29 is 24.5 Å². The third-order valence-electron chi connectivity index (χ3n) is 8.15. The van der Waals surface area contributed by atoms with Crippen LogP contribution >= 0.6 is 0 Å². The number of fused-ring (bicyclic) bond motifs is 1. The molecule has 232 valence electrons. The molecular formula is C36H37N3O6. The van der Waals surface area contributed by atoms with Gasteiger partial charge in [0.05, 0.1) is 25.9 Å². The molecule has 1 aliphatic rings. The third-order valence-corrected chi connectivity index (χ3v) is 8.15. The van der Waals surface area contributed by atoms with Crippen LogP contribution in [-0.4, -0.2) is 51.8 Å². The van der Waals surface area contributed by atoms with Crippen LogP contribution in [0.2, 0.25) is 0 Å². The molecule has 2 amide bonds. The minimum Gasteiger partial charge on any atom is -0.491 e. The molecule has 5 rings (SSSR count). The fourth-order valence-electron chi connectivity index (χ4n) is 5.74. The zero-order valence-electron chi connectivity index (χ0n) is 25.4. The van der Waals surface area contributed by atoms with E-state index in [2.05, 4.69) is 0 Å². The smallest absolute Gasteiger partial charge is 0.297 e. The molecule has 45 heavy (non-hydrogen) atoms. The van der Waals surface area contributed by atoms with Gasteiger partial charge in [0.15, 0.2) is 11.4 Å². The molecule has 1 aromatic heterocycles. The summed E-state index contributed by atoms with van der Waals surface area (Å²) in [6.07, 6.45) is 5.09. The summed E-state index contributed by atoms with van der Waals surface area (Å²) in [4.78, 5) is 43.0. The van der Waals surface area contributed by atoms with Crippen LogP contribution in [0.25, 0.3) is 5.69 Å². The van der Waals surface area contributed by atoms with Gasteiger partial charge in [-0.15, -0.1) is 0 Å². The minimum atomic E-state index is -1.84. The van der Waals surface area contributed by atoms with Crippen LogP contribution in [0, 0.1) is 5.92 Å². The molecule has 9 heteroatoms. The molecule has 4 aromatic rings. The number of methoxy groups -OCH3 is 1. The van der Waals surface area contributed by atoms with E-state index in [1.165, 1.54) is 11.7 Å². The van der Waals surface area contributed by atoms with Crippen molar-refractivity contribution in [3.8, 4) is 11.4 Å². The zero-order chi connectivity index (χ0) is 32.0. The Morgan fingerprint density at radius 1 is 0.978 bits per heavy atom. The van der Waals surface area contributed by atoms with Crippen LogP contribution in [0.3, 0.4) is 0 Å². The number of benzene rings is 3. The fourth-order valence-corrected chi connectivity index (χ4v) is 5.74. The minimum absolute atomic E-state index is 0.0588. The lowest BCUT2D eigenvalue weighted by atomic mass is 9.83. The molecule has 0 saturated heterocycles. The number of aliphatic hydroxyl groups is 2. The Morgan fingerprint density at radius 2 is 1.71 bits per heavy atom. The quantitative estimate of drug-likeness (QED) is 0.234. The van der Waals surface area contributed by atoms with Crippen molar-refractivity contribution in [3.05, 3.63) is 136 Å². The first-order chi connectivity index (χ1) is 21.8. The normalized spacial score (nSPS) is 16.5. The number of para-hydroxylation sites is 1. The number of ether oxygens (including phenoxy) is 1. The Hall–Kier alpha value is -4.99. The Morgan fingerprint density at radius 3 is 2.47 bits per heavy atom. The summed E-state index contributed by atoms with van der Waals surface area (Å²) < 4.78 is 6.66. The number of carbonyl (C=O) groups excluding carboxylic acids is 2. The number of nitrogens with zero attached hydrogens (tertiary/aromatic N) is 3. The Labute approximate surface area is 262 Å². The van der Waals surface area contributed by atoms with Gasteiger partial charge < -0.3 is 24.7 Å². The highest BCUT2D eigenvalue weighted by molar-refractivity contribution is 6.07. The molecule has 3 aromatic carbocycles. The van der Waals surface area contributed by atoms with E-state index in [1.54, 1.807) is 71.5 Å². The number of amides is 2. The van der Waals surface area contributed by atoms with Crippen molar-refractivity contribution >= 4 is 17.5 Å². The summed E-state index contributed by atoms with van der Waals surface area (Å²) in [5.74, 6) is -1.07. The van der Waals surface area contributed by atoms with E-state index in [4.69, 9.17) is 4.74 Å². The van der Waals surface area contributed by atoms with Gasteiger partial charge in [-0.1, -0.05) is 79.7 Å². The highest BCUT2D eigenvalue weighted by Gasteiger charge is 2.52. The maximum absolute atomic E-state index is 14.0. The second-order valence-electron chi connectivity index (χ2n) is 11.0. The molecule has 2 atom stereocenters. The zero-order valence-corrected chi connectivity index (χ0v) is 25.4. The van der Waals surface area contributed by atoms with Gasteiger partial charge in [-0.05, 0) is 41.5 Å². The van der Waals surface area contributed by atoms with Gasteiger partial charge in [0.2, 0.25) is 5.91 Å². The molecule has 2 N–H and O–H groups in total. The number of carbonyl (C=O) groups is 2. The summed E-state index contributed by atoms with van der Waals surface area (Å²) in [6.45, 7) is 2.36. The SMILES string of the molecule is COc1cccn(-c2cccc(CN3C(=O)[C@@](O)([C@@H](C)/C=C/CC(=O)N(CCO)Cc4ccccc4)c4ccccc43)c2)c1=O. The number of aromatic nitrogens is 1. The van der Waals surface area contributed by atoms with Crippen molar-refractivity contribution in [2.75, 3.05) is 25.2 Å². The van der Waals surface area contributed by atoms with Crippen molar-refractivity contribution in [3.63, 3.8) is 0 Å². The first-order valence-corrected chi connectivity index (χ1v) is 14.9. The van der Waals surface area contributed by atoms with E-state index in [1.807, 2.05) is 54.6 Å². The predicted octanol–water partition coefficient (Wildman–Crippen LogP) is 4.18. The number of aliphatic hydroxyl groups excluding tert-OH is 1. The van der Waals surface area contributed by atoms with Crippen LogP contribution in [0.5, 0.6) is 5.75 Å². The van der Waals surface area contributed by atoms with Crippen molar-refractivity contribution in [2.24, 2.45) is 5.92 Å². The molecule has 0 fully saturated rings. The topological polar surface area (TPSA) is 112 Å². The lowest BCUT2D eigenvalue weighted by molar-refractivity contribution is -0.139. The second kappa shape index (κ2) is 13.8. The summed E-state index contributed by atoms with van der Waals surface area (Å²) in [5.41, 5.74) is 1.30. The number of rotatable bonds is 12. The average Bonchev–Trinajstić information content (AvgIpc) is 3.27. The highest BCUT2D eigenvalue weighted by Crippen LogP contribution is 2.45. The molecule has 0 bridgehead atoms. The van der Waals surface area contributed by atoms with Crippen molar-refractivity contribution in [1.82, 2.24) is 9.47 Å². The molecular weight excluding hydrogens is 570 g/mol. The maximum Gasteiger partial charge on any atom is 0.297 e. The highest BCUT2D eigenvalue weighted by atomic mass is 16.5. The van der Waals surface area contributed by atoms with E-state index in [0.717, 1.165) is 11.1 Å². The third kappa shape index (κ3) is 6.45. The molecule has 0 radical (unpaired) electrons. The predicted molar refractivity (Wildman–Crippen MR) is 172 cm³/mol. The number of pyridine rings is 1. The average molecular weight is 608 g/mol. The molecule has 1 aliphatic heterocycles. The van der Waals surface area contributed by atoms with Crippen LogP contribution in [-0.2, 0) is 28.3 Å². The molecule has 2 heterocycles. The van der Waals surface area contributed by atoms with Crippen molar-refractivity contribution in [1.29, 1.82) is 0 Å². The standard InChI is InChI=1S/C36H37N3O6/c1-26(11-8-19-33(41)37(21-22-40)24-27-12-4-3-5-13-27)36(44)30-16-6-7-17-31(30)39(35(36)43)25-28-14-9-15-29(23-28)38-20-10-18-32(45-2)34(38)42/h3-18,20,23,26,40,44H,19,21-22,24-25H2,1-2H3/b11-8+/t26-,36+/m0/s1. The van der Waals surface area contributed by atoms with Gasteiger partial charge >= 0.3 is 0 Å². The van der Waals surface area contributed by atoms with Gasteiger partial charge in [0, 0.05) is 42.9 Å². The van der Waals surface area contributed by atoms with Gasteiger partial charge in [0.25, 0.3) is 11.5 Å². The summed E-state index contributed by atoms with van der Waals surface area (Å²) >= 11 is 0. The Bertz CT molecular complexity index is 1750. The Balaban J connectivity index is 1.34. The Kier molecular flexibility index (Phi) is 9.61. The summed E-state index contributed by atoms with van der Waals surface area (Å²) in [5, 5.41) is 21.5. The fraction of sp³-hybridized carbons (Fsp3) is 0.250. The number of hydrogen-bond acceptors (Lipinski definition) is 6. The molecule has 0 aliphatic carbocycles. The monoisotopic (exact) mass is 607 g/mol. The van der Waals surface area contributed by atoms with Crippen LogP contribution in [0.1, 0.15) is 30.0 Å². The van der Waals surface area contributed by atoms with Crippen LogP contribution in [0.15, 0.2) is 114 Å². The molecule has 0 spiro atoms. The first-order valence-electron chi connectivity index (χ1n) is 14.9. The van der Waals surface area contributed by atoms with E-state index >= 15 is 0 Å². The lowest BCUT2D eigenvalue weighted by Crippen LogP contribution is -2.44. The second-order valence-corrected chi connectivity index (χ2v) is 11.0. The van der Waals surface area contributed by atoms with Gasteiger partial charge in [-0.2, -0.15) is 0 Å². The van der Waals surface area contributed by atoms with E-state index in [0.29, 0.717) is 23.5 Å². The largest absolute Gasteiger partial charge is 0.491 e. The van der Waals surface area contributed by atoms with Gasteiger partial charge in [0.1, 0.15) is 0 Å². The van der Waals surface area contributed by atoms with E-state index in [9.17, 15) is 24.6 Å². The molecule has 0 saturated carbocycles. The molecule has 9 nitrogen and oxygen atoms in total. The van der Waals surface area contributed by atoms with Gasteiger partial charge in [-0.3, -0.25) is 19.0 Å². The van der Waals surface area contributed by atoms with Gasteiger partial charge in [-0.25, -0.2) is 0 Å². The van der Waals surface area contributed by atoms with Crippen LogP contribution in [0.4, 0.5) is 5.69 Å². The van der Waals surface area contributed by atoms with E-state index < -0.39 is 17.4 Å². The summed E-state index contributed by atoms with van der Waals surface area (Å²) in [6, 6.07) is 27.4. The van der Waals surface area contributed by atoms with Crippen molar-refractivity contribution in [2.45, 2.75) is 32.0 Å². The van der Waals surface area contributed by atoms with E-state index in [-0.39, 0.29) is 43.3 Å². The molecule has 0 unspecified atom stereocenters. The maximum atomic E-state index is 14.0. The lowest BCUT2D eigenvalue weighted by Gasteiger charge is -2.28. The first kappa shape index (κ1) is 31.4. The van der Waals surface area contributed by atoms with Crippen LogP contribution < -0.4 is 15.2 Å². The number of hydrogen-bond donors (Lipinski definition) is 2.